The number of halogens is 3. The number of carbonyl (C=O) groups is 2. The molecule has 0 bridgehead atoms. The van der Waals surface area contributed by atoms with E-state index in [-0.39, 0.29) is 29.7 Å². The number of hydrogen-bond donors (Lipinski definition) is 2. The van der Waals surface area contributed by atoms with Gasteiger partial charge in [0, 0.05) is 17.3 Å². The van der Waals surface area contributed by atoms with Crippen molar-refractivity contribution in [3.8, 4) is 5.75 Å². The number of carbonyl (C=O) groups excluding carboxylic acids is 1. The number of benzene rings is 2. The number of hydrogen-bond acceptors (Lipinski definition) is 3. The maximum Gasteiger partial charge on any atom is 0.418 e. The minimum absolute atomic E-state index is 0.0403. The van der Waals surface area contributed by atoms with Crippen LogP contribution in [0.15, 0.2) is 54.6 Å². The summed E-state index contributed by atoms with van der Waals surface area (Å²) in [5.74, 6) is -2.12. The Hall–Kier alpha value is -3.75. The lowest BCUT2D eigenvalue weighted by molar-refractivity contribution is -0.137. The van der Waals surface area contributed by atoms with Gasteiger partial charge in [-0.25, -0.2) is 0 Å². The topological polar surface area (TPSA) is 80.6 Å². The lowest BCUT2D eigenvalue weighted by Crippen LogP contribution is -2.22. The SMILES string of the molecule is CCOc1cc(C(F)(F)F)c(NC(=O)c2ccc(CCCc3ccccc3)n2C(C)C)cc1CC(=O)O. The molecule has 3 aromatic rings. The molecule has 198 valence electrons. The Morgan fingerprint density at radius 1 is 1.05 bits per heavy atom. The van der Waals surface area contributed by atoms with Gasteiger partial charge in [0.2, 0.25) is 0 Å². The molecule has 1 heterocycles. The van der Waals surface area contributed by atoms with Crippen LogP contribution in [0.1, 0.15) is 66.1 Å². The summed E-state index contributed by atoms with van der Waals surface area (Å²) in [4.78, 5) is 24.5. The van der Waals surface area contributed by atoms with Gasteiger partial charge in [-0.3, -0.25) is 9.59 Å². The molecule has 0 saturated carbocycles. The van der Waals surface area contributed by atoms with Crippen LogP contribution in [0.2, 0.25) is 0 Å². The van der Waals surface area contributed by atoms with Crippen LogP contribution >= 0.6 is 0 Å². The summed E-state index contributed by atoms with van der Waals surface area (Å²) in [5, 5.41) is 11.6. The number of amides is 1. The summed E-state index contributed by atoms with van der Waals surface area (Å²) in [6, 6.07) is 15.1. The predicted octanol–water partition coefficient (Wildman–Crippen LogP) is 6.54. The first-order chi connectivity index (χ1) is 17.5. The monoisotopic (exact) mass is 516 g/mol. The van der Waals surface area contributed by atoms with Gasteiger partial charge >= 0.3 is 12.1 Å². The quantitative estimate of drug-likeness (QED) is 0.303. The van der Waals surface area contributed by atoms with Crippen LogP contribution in [0.25, 0.3) is 0 Å². The zero-order valence-corrected chi connectivity index (χ0v) is 21.1. The van der Waals surface area contributed by atoms with Gasteiger partial charge < -0.3 is 19.7 Å². The molecule has 0 spiro atoms. The van der Waals surface area contributed by atoms with Crippen LogP contribution in [0.4, 0.5) is 18.9 Å². The van der Waals surface area contributed by atoms with Crippen LogP contribution in [-0.4, -0.2) is 28.2 Å². The summed E-state index contributed by atoms with van der Waals surface area (Å²) < 4.78 is 48.7. The fraction of sp³-hybridized carbons (Fsp3) is 0.357. The number of aromatic nitrogens is 1. The van der Waals surface area contributed by atoms with Crippen LogP contribution < -0.4 is 10.1 Å². The lowest BCUT2D eigenvalue weighted by atomic mass is 10.0. The number of carboxylic acids is 1. The van der Waals surface area contributed by atoms with E-state index in [4.69, 9.17) is 4.74 Å². The molecule has 37 heavy (non-hydrogen) atoms. The number of nitrogens with one attached hydrogen (secondary N) is 1. The highest BCUT2D eigenvalue weighted by Gasteiger charge is 2.36. The van der Waals surface area contributed by atoms with Crippen molar-refractivity contribution < 1.29 is 32.6 Å². The van der Waals surface area contributed by atoms with Gasteiger partial charge in [-0.1, -0.05) is 30.3 Å². The smallest absolute Gasteiger partial charge is 0.418 e. The first-order valence-corrected chi connectivity index (χ1v) is 12.1. The minimum Gasteiger partial charge on any atom is -0.494 e. The summed E-state index contributed by atoms with van der Waals surface area (Å²) in [6.45, 7) is 5.45. The van der Waals surface area contributed by atoms with Gasteiger partial charge in [0.15, 0.2) is 0 Å². The number of nitrogens with zero attached hydrogens (tertiary/aromatic N) is 1. The Labute approximate surface area is 214 Å². The number of carboxylic acid groups (broad SMARTS) is 1. The first kappa shape index (κ1) is 27.8. The van der Waals surface area contributed by atoms with Crippen molar-refractivity contribution in [3.05, 3.63) is 82.7 Å². The number of alkyl halides is 3. The maximum atomic E-state index is 13.9. The van der Waals surface area contributed by atoms with Crippen molar-refractivity contribution in [2.75, 3.05) is 11.9 Å². The number of anilines is 1. The average molecular weight is 517 g/mol. The molecule has 2 aromatic carbocycles. The van der Waals surface area contributed by atoms with Crippen molar-refractivity contribution >= 4 is 17.6 Å². The molecular formula is C28H31F3N2O4. The molecular weight excluding hydrogens is 485 g/mol. The molecule has 0 atom stereocenters. The van der Waals surface area contributed by atoms with Crippen LogP contribution in [-0.2, 0) is 30.2 Å². The van der Waals surface area contributed by atoms with Gasteiger partial charge in [-0.2, -0.15) is 13.2 Å². The summed E-state index contributed by atoms with van der Waals surface area (Å²) >= 11 is 0. The summed E-state index contributed by atoms with van der Waals surface area (Å²) in [7, 11) is 0. The highest BCUT2D eigenvalue weighted by Crippen LogP contribution is 2.39. The van der Waals surface area contributed by atoms with E-state index in [0.29, 0.717) is 6.42 Å². The van der Waals surface area contributed by atoms with Gasteiger partial charge in [0.1, 0.15) is 11.4 Å². The largest absolute Gasteiger partial charge is 0.494 e. The summed E-state index contributed by atoms with van der Waals surface area (Å²) in [6.07, 6.45) is -2.94. The van der Waals surface area contributed by atoms with Crippen molar-refractivity contribution in [3.63, 3.8) is 0 Å². The van der Waals surface area contributed by atoms with E-state index in [0.717, 1.165) is 30.7 Å². The van der Waals surface area contributed by atoms with E-state index < -0.39 is 35.7 Å². The van der Waals surface area contributed by atoms with Crippen molar-refractivity contribution in [2.24, 2.45) is 0 Å². The number of aliphatic carboxylic acids is 1. The number of aryl methyl sites for hydroxylation is 2. The van der Waals surface area contributed by atoms with Crippen LogP contribution in [0, 0.1) is 0 Å². The number of ether oxygens (including phenoxy) is 1. The second-order valence-corrected chi connectivity index (χ2v) is 8.97. The fourth-order valence-corrected chi connectivity index (χ4v) is 4.35. The van der Waals surface area contributed by atoms with E-state index in [9.17, 15) is 27.9 Å². The fourth-order valence-electron chi connectivity index (χ4n) is 4.35. The molecule has 9 heteroatoms. The molecule has 0 aliphatic carbocycles. The van der Waals surface area contributed by atoms with Crippen molar-refractivity contribution in [2.45, 2.75) is 58.7 Å². The summed E-state index contributed by atoms with van der Waals surface area (Å²) in [5.41, 5.74) is 0.759. The molecule has 0 saturated heterocycles. The highest BCUT2D eigenvalue weighted by molar-refractivity contribution is 6.04. The second kappa shape index (κ2) is 12.0. The number of rotatable bonds is 11. The van der Waals surface area contributed by atoms with Gasteiger partial charge in [0.25, 0.3) is 5.91 Å². The molecule has 1 amide bonds. The van der Waals surface area contributed by atoms with E-state index >= 15 is 0 Å². The molecule has 0 aliphatic rings. The minimum atomic E-state index is -4.79. The highest BCUT2D eigenvalue weighted by atomic mass is 19.4. The third-order valence-corrected chi connectivity index (χ3v) is 5.89. The second-order valence-electron chi connectivity index (χ2n) is 8.97. The molecule has 0 aliphatic heterocycles. The Kier molecular flexibility index (Phi) is 9.02. The predicted molar refractivity (Wildman–Crippen MR) is 135 cm³/mol. The normalized spacial score (nSPS) is 11.5. The molecule has 0 radical (unpaired) electrons. The van der Waals surface area contributed by atoms with E-state index in [1.54, 1.807) is 13.0 Å². The molecule has 2 N–H and O–H groups in total. The third kappa shape index (κ3) is 7.15. The Balaban J connectivity index is 1.90. The van der Waals surface area contributed by atoms with Gasteiger partial charge in [-0.15, -0.1) is 0 Å². The Morgan fingerprint density at radius 3 is 2.35 bits per heavy atom. The van der Waals surface area contributed by atoms with Gasteiger partial charge in [-0.05, 0) is 69.9 Å². The standard InChI is InChI=1S/C28H31F3N2O4/c1-4-37-25-17-22(28(29,30)31)23(15-20(25)16-26(34)35)32-27(36)24-14-13-21(33(24)18(2)3)12-8-11-19-9-6-5-7-10-19/h5-7,9-10,13-15,17-18H,4,8,11-12,16H2,1-3H3,(H,32,36)(H,34,35). The first-order valence-electron chi connectivity index (χ1n) is 12.1. The van der Waals surface area contributed by atoms with Gasteiger partial charge in [0.05, 0.1) is 24.3 Å². The van der Waals surface area contributed by atoms with E-state index in [2.05, 4.69) is 5.32 Å². The molecule has 3 rings (SSSR count). The molecule has 1 aromatic heterocycles. The average Bonchev–Trinajstić information content (AvgIpc) is 3.25. The van der Waals surface area contributed by atoms with Crippen LogP contribution in [0.5, 0.6) is 5.75 Å². The molecule has 0 fully saturated rings. The van der Waals surface area contributed by atoms with Crippen LogP contribution in [0.3, 0.4) is 0 Å². The third-order valence-electron chi connectivity index (χ3n) is 5.89. The zero-order valence-electron chi connectivity index (χ0n) is 21.1. The molecule has 0 unspecified atom stereocenters. The van der Waals surface area contributed by atoms with E-state index in [1.807, 2.05) is 54.8 Å². The molecule has 6 nitrogen and oxygen atoms in total. The van der Waals surface area contributed by atoms with Crippen molar-refractivity contribution in [1.82, 2.24) is 4.57 Å². The Morgan fingerprint density at radius 2 is 1.76 bits per heavy atom. The maximum absolute atomic E-state index is 13.9. The lowest BCUT2D eigenvalue weighted by Gasteiger charge is -2.20. The Bertz CT molecular complexity index is 1230. The zero-order chi connectivity index (χ0) is 27.2. The van der Waals surface area contributed by atoms with E-state index in [1.165, 1.54) is 5.56 Å². The van der Waals surface area contributed by atoms with Crippen molar-refractivity contribution in [1.29, 1.82) is 0 Å².